The summed E-state index contributed by atoms with van der Waals surface area (Å²) in [6.07, 6.45) is 0.980. The van der Waals surface area contributed by atoms with E-state index in [0.29, 0.717) is 23.9 Å². The minimum atomic E-state index is -0.635. The Balaban J connectivity index is 1.62. The molecule has 0 aliphatic carbocycles. The lowest BCUT2D eigenvalue weighted by molar-refractivity contribution is 0.100. The molecule has 1 aromatic heterocycles. The van der Waals surface area contributed by atoms with Crippen LogP contribution >= 0.6 is 0 Å². The van der Waals surface area contributed by atoms with Gasteiger partial charge in [-0.25, -0.2) is 4.98 Å². The molecule has 0 fully saturated rings. The van der Waals surface area contributed by atoms with E-state index in [-0.39, 0.29) is 0 Å². The maximum atomic E-state index is 11.1. The number of aliphatic hydroxyl groups excluding tert-OH is 1. The van der Waals surface area contributed by atoms with Crippen LogP contribution in [0.3, 0.4) is 0 Å². The quantitative estimate of drug-likeness (QED) is 0.521. The van der Waals surface area contributed by atoms with Gasteiger partial charge in [0.15, 0.2) is 0 Å². The van der Waals surface area contributed by atoms with E-state index in [4.69, 9.17) is 5.73 Å². The van der Waals surface area contributed by atoms with Gasteiger partial charge in [-0.2, -0.15) is 4.98 Å². The predicted octanol–water partition coefficient (Wildman–Crippen LogP) is 2.46. The summed E-state index contributed by atoms with van der Waals surface area (Å²) in [4.78, 5) is 19.6. The molecule has 132 valence electrons. The topological polar surface area (TPSA) is 113 Å². The minimum absolute atomic E-state index is 0.327. The van der Waals surface area contributed by atoms with Gasteiger partial charge < -0.3 is 21.5 Å². The van der Waals surface area contributed by atoms with Gasteiger partial charge in [-0.05, 0) is 35.9 Å². The number of primary amides is 1. The summed E-state index contributed by atoms with van der Waals surface area (Å²) < 4.78 is 0. The zero-order chi connectivity index (χ0) is 18.4. The molecule has 0 aliphatic rings. The van der Waals surface area contributed by atoms with Crippen LogP contribution in [-0.2, 0) is 0 Å². The van der Waals surface area contributed by atoms with Crippen molar-refractivity contribution in [1.29, 1.82) is 0 Å². The zero-order valence-corrected chi connectivity index (χ0v) is 14.0. The molecule has 3 rings (SSSR count). The highest BCUT2D eigenvalue weighted by Crippen LogP contribution is 2.16. The van der Waals surface area contributed by atoms with E-state index in [1.165, 1.54) is 0 Å². The molecule has 0 aliphatic heterocycles. The van der Waals surface area contributed by atoms with Crippen molar-refractivity contribution in [2.24, 2.45) is 5.73 Å². The van der Waals surface area contributed by atoms with Crippen molar-refractivity contribution in [2.75, 3.05) is 17.2 Å². The first-order valence-corrected chi connectivity index (χ1v) is 8.08. The normalized spacial score (nSPS) is 11.6. The van der Waals surface area contributed by atoms with E-state index < -0.39 is 12.0 Å². The summed E-state index contributed by atoms with van der Waals surface area (Å²) in [6, 6.07) is 17.8. The zero-order valence-electron chi connectivity index (χ0n) is 14.0. The lowest BCUT2D eigenvalue weighted by Gasteiger charge is -2.13. The van der Waals surface area contributed by atoms with Gasteiger partial charge in [0.25, 0.3) is 0 Å². The molecule has 0 radical (unpaired) electrons. The number of anilines is 3. The van der Waals surface area contributed by atoms with Crippen LogP contribution in [0.5, 0.6) is 0 Å². The minimum Gasteiger partial charge on any atom is -0.387 e. The molecule has 2 aromatic carbocycles. The first-order valence-electron chi connectivity index (χ1n) is 8.08. The van der Waals surface area contributed by atoms with Gasteiger partial charge in [0.1, 0.15) is 5.82 Å². The molecule has 1 heterocycles. The highest BCUT2D eigenvalue weighted by molar-refractivity contribution is 5.93. The molecule has 0 saturated heterocycles. The second-order valence-corrected chi connectivity index (χ2v) is 5.64. The number of nitrogens with zero attached hydrogens (tertiary/aromatic N) is 2. The van der Waals surface area contributed by atoms with Gasteiger partial charge in [0, 0.05) is 24.0 Å². The largest absolute Gasteiger partial charge is 0.387 e. The third-order valence-corrected chi connectivity index (χ3v) is 3.74. The van der Waals surface area contributed by atoms with Crippen LogP contribution in [0.4, 0.5) is 17.5 Å². The van der Waals surface area contributed by atoms with Gasteiger partial charge in [-0.3, -0.25) is 4.79 Å². The molecular formula is C19H19N5O2. The Kier molecular flexibility index (Phi) is 5.40. The van der Waals surface area contributed by atoms with Gasteiger partial charge in [-0.1, -0.05) is 30.3 Å². The molecule has 26 heavy (non-hydrogen) atoms. The van der Waals surface area contributed by atoms with Crippen molar-refractivity contribution in [3.05, 3.63) is 78.0 Å². The molecule has 0 unspecified atom stereocenters. The van der Waals surface area contributed by atoms with E-state index in [9.17, 15) is 9.90 Å². The molecular weight excluding hydrogens is 330 g/mol. The average molecular weight is 349 g/mol. The first-order chi connectivity index (χ1) is 12.6. The van der Waals surface area contributed by atoms with Crippen LogP contribution in [0.15, 0.2) is 66.9 Å². The second-order valence-electron chi connectivity index (χ2n) is 5.64. The molecule has 3 aromatic rings. The fraction of sp³-hybridized carbons (Fsp3) is 0.105. The fourth-order valence-corrected chi connectivity index (χ4v) is 2.36. The van der Waals surface area contributed by atoms with Crippen LogP contribution in [0.25, 0.3) is 0 Å². The van der Waals surface area contributed by atoms with Crippen molar-refractivity contribution in [3.8, 4) is 0 Å². The molecule has 5 N–H and O–H groups in total. The molecule has 1 amide bonds. The summed E-state index contributed by atoms with van der Waals surface area (Å²) in [7, 11) is 0. The molecule has 0 bridgehead atoms. The van der Waals surface area contributed by atoms with Crippen molar-refractivity contribution in [3.63, 3.8) is 0 Å². The number of rotatable bonds is 7. The maximum Gasteiger partial charge on any atom is 0.248 e. The van der Waals surface area contributed by atoms with Gasteiger partial charge >= 0.3 is 0 Å². The Morgan fingerprint density at radius 2 is 1.81 bits per heavy atom. The third-order valence-electron chi connectivity index (χ3n) is 3.74. The van der Waals surface area contributed by atoms with Crippen molar-refractivity contribution in [1.82, 2.24) is 9.97 Å². The highest BCUT2D eigenvalue weighted by atomic mass is 16.3. The van der Waals surface area contributed by atoms with Gasteiger partial charge in [0.2, 0.25) is 11.9 Å². The number of nitrogens with one attached hydrogen (secondary N) is 2. The van der Waals surface area contributed by atoms with E-state index in [2.05, 4.69) is 20.6 Å². The van der Waals surface area contributed by atoms with Crippen molar-refractivity contribution < 1.29 is 9.90 Å². The number of aliphatic hydroxyl groups is 1. The standard InChI is InChI=1S/C19H19N5O2/c20-18(26)14-6-8-15(9-7-14)23-19-21-11-10-17(24-19)22-12-16(25)13-4-2-1-3-5-13/h1-11,16,25H,12H2,(H2,20,26)(H2,21,22,23,24)/t16-/m1/s1. The molecule has 1 atom stereocenters. The Labute approximate surface area is 150 Å². The van der Waals surface area contributed by atoms with Crippen LogP contribution in [-0.4, -0.2) is 27.5 Å². The number of carbonyl (C=O) groups excluding carboxylic acids is 1. The Morgan fingerprint density at radius 3 is 2.50 bits per heavy atom. The molecule has 0 spiro atoms. The van der Waals surface area contributed by atoms with Crippen molar-refractivity contribution >= 4 is 23.4 Å². The summed E-state index contributed by atoms with van der Waals surface area (Å²) in [5, 5.41) is 16.3. The first kappa shape index (κ1) is 17.4. The molecule has 0 saturated carbocycles. The average Bonchev–Trinajstić information content (AvgIpc) is 2.67. The lowest BCUT2D eigenvalue weighted by atomic mass is 10.1. The molecule has 7 nitrogen and oxygen atoms in total. The van der Waals surface area contributed by atoms with Gasteiger partial charge in [0.05, 0.1) is 6.10 Å². The van der Waals surface area contributed by atoms with E-state index in [1.54, 1.807) is 36.5 Å². The van der Waals surface area contributed by atoms with Crippen LogP contribution in [0, 0.1) is 0 Å². The van der Waals surface area contributed by atoms with Crippen LogP contribution in [0.1, 0.15) is 22.0 Å². The number of carbonyl (C=O) groups is 1. The van der Waals surface area contributed by atoms with Gasteiger partial charge in [-0.15, -0.1) is 0 Å². The number of nitrogens with two attached hydrogens (primary N) is 1. The number of aromatic nitrogens is 2. The third kappa shape index (κ3) is 4.55. The van der Waals surface area contributed by atoms with E-state index in [1.807, 2.05) is 30.3 Å². The number of hydrogen-bond acceptors (Lipinski definition) is 6. The van der Waals surface area contributed by atoms with Crippen LogP contribution in [0.2, 0.25) is 0 Å². The predicted molar refractivity (Wildman–Crippen MR) is 100 cm³/mol. The second kappa shape index (κ2) is 8.09. The molecule has 7 heteroatoms. The smallest absolute Gasteiger partial charge is 0.248 e. The maximum absolute atomic E-state index is 11.1. The Morgan fingerprint density at radius 1 is 1.08 bits per heavy atom. The number of amides is 1. The Hall–Kier alpha value is -3.45. The van der Waals surface area contributed by atoms with Crippen molar-refractivity contribution in [2.45, 2.75) is 6.10 Å². The SMILES string of the molecule is NC(=O)c1ccc(Nc2nccc(NC[C@@H](O)c3ccccc3)n2)cc1. The highest BCUT2D eigenvalue weighted by Gasteiger charge is 2.07. The number of hydrogen-bond donors (Lipinski definition) is 4. The lowest BCUT2D eigenvalue weighted by Crippen LogP contribution is -2.13. The summed E-state index contributed by atoms with van der Waals surface area (Å²) in [6.45, 7) is 0.327. The summed E-state index contributed by atoms with van der Waals surface area (Å²) >= 11 is 0. The summed E-state index contributed by atoms with van der Waals surface area (Å²) in [5.41, 5.74) is 7.22. The summed E-state index contributed by atoms with van der Waals surface area (Å²) in [5.74, 6) is 0.512. The monoisotopic (exact) mass is 349 g/mol. The number of benzene rings is 2. The van der Waals surface area contributed by atoms with E-state index in [0.717, 1.165) is 11.3 Å². The fourth-order valence-electron chi connectivity index (χ4n) is 2.36. The van der Waals surface area contributed by atoms with E-state index >= 15 is 0 Å². The Bertz CT molecular complexity index is 869. The van der Waals surface area contributed by atoms with Crippen LogP contribution < -0.4 is 16.4 Å².